The van der Waals surface area contributed by atoms with Crippen molar-refractivity contribution in [3.8, 4) is 5.75 Å². The Bertz CT molecular complexity index is 1240. The Labute approximate surface area is 200 Å². The lowest BCUT2D eigenvalue weighted by molar-refractivity contribution is -0.114. The van der Waals surface area contributed by atoms with Gasteiger partial charge in [0.15, 0.2) is 0 Å². The van der Waals surface area contributed by atoms with E-state index in [9.17, 15) is 9.18 Å². The van der Waals surface area contributed by atoms with Crippen LogP contribution in [0, 0.1) is 5.82 Å². The number of ether oxygens (including phenoxy) is 1. The van der Waals surface area contributed by atoms with Crippen molar-refractivity contribution in [3.05, 3.63) is 63.9 Å². The summed E-state index contributed by atoms with van der Waals surface area (Å²) in [5.74, 6) is 0.728. The van der Waals surface area contributed by atoms with Crippen LogP contribution in [-0.2, 0) is 4.79 Å². The van der Waals surface area contributed by atoms with Gasteiger partial charge in [0.2, 0.25) is 0 Å². The van der Waals surface area contributed by atoms with Crippen LogP contribution in [0.1, 0.15) is 58.1 Å². The van der Waals surface area contributed by atoms with Gasteiger partial charge in [0.25, 0.3) is 5.91 Å². The van der Waals surface area contributed by atoms with E-state index in [4.69, 9.17) is 15.5 Å². The molecule has 1 aromatic carbocycles. The third kappa shape index (κ3) is 4.65. The fourth-order valence-corrected chi connectivity index (χ4v) is 4.79. The predicted molar refractivity (Wildman–Crippen MR) is 133 cm³/mol. The molecule has 2 aliphatic heterocycles. The predicted octanol–water partition coefficient (Wildman–Crippen LogP) is 3.05. The average Bonchev–Trinajstić information content (AvgIpc) is 3.32. The number of benzene rings is 1. The van der Waals surface area contributed by atoms with Crippen LogP contribution in [0.2, 0.25) is 0 Å². The highest BCUT2D eigenvalue weighted by atomic mass is 19.1. The fraction of sp³-hybridized carbons (Fsp3) is 0.407. The van der Waals surface area contributed by atoms with Crippen LogP contribution in [-0.4, -0.2) is 30.6 Å². The second-order valence-corrected chi connectivity index (χ2v) is 8.80. The highest BCUT2D eigenvalue weighted by molar-refractivity contribution is 6.03. The molecule has 0 unspecified atom stereocenters. The summed E-state index contributed by atoms with van der Waals surface area (Å²) in [5, 5.41) is 5.13. The van der Waals surface area contributed by atoms with E-state index in [0.717, 1.165) is 42.4 Å². The number of allylic oxidation sites excluding steroid dienone is 1. The second-order valence-electron chi connectivity index (χ2n) is 8.80. The largest absolute Gasteiger partial charge is 0.493 e. The molecule has 34 heavy (non-hydrogen) atoms. The van der Waals surface area contributed by atoms with Crippen LogP contribution in [0.3, 0.4) is 0 Å². The first-order chi connectivity index (χ1) is 16.4. The van der Waals surface area contributed by atoms with Crippen LogP contribution in [0.15, 0.2) is 42.0 Å². The molecule has 3 N–H and O–H groups in total. The van der Waals surface area contributed by atoms with Crippen molar-refractivity contribution in [2.24, 2.45) is 5.73 Å². The molecule has 0 radical (unpaired) electrons. The van der Waals surface area contributed by atoms with E-state index in [1.807, 2.05) is 6.07 Å². The monoisotopic (exact) mass is 464 g/mol. The van der Waals surface area contributed by atoms with E-state index in [1.165, 1.54) is 11.6 Å². The molecule has 1 amide bonds. The maximum atomic E-state index is 14.3. The average molecular weight is 465 g/mol. The summed E-state index contributed by atoms with van der Waals surface area (Å²) in [6.45, 7) is 7.83. The molecule has 7 heteroatoms. The Hall–Kier alpha value is -3.35. The lowest BCUT2D eigenvalue weighted by Gasteiger charge is -2.27. The van der Waals surface area contributed by atoms with Gasteiger partial charge in [-0.25, -0.2) is 9.37 Å². The van der Waals surface area contributed by atoms with E-state index in [0.29, 0.717) is 41.9 Å². The first kappa shape index (κ1) is 23.8. The minimum Gasteiger partial charge on any atom is -0.493 e. The Balaban J connectivity index is 2.00. The van der Waals surface area contributed by atoms with E-state index in [2.05, 4.69) is 30.1 Å². The van der Waals surface area contributed by atoms with E-state index in [-0.39, 0.29) is 11.9 Å². The van der Waals surface area contributed by atoms with Crippen molar-refractivity contribution < 1.29 is 13.9 Å². The molecule has 0 aliphatic carbocycles. The molecule has 180 valence electrons. The summed E-state index contributed by atoms with van der Waals surface area (Å²) < 4.78 is 20.4. The number of nitrogens with one attached hydrogen (secondary N) is 1. The zero-order valence-corrected chi connectivity index (χ0v) is 20.2. The van der Waals surface area contributed by atoms with Crippen LogP contribution < -0.4 is 31.3 Å². The fourth-order valence-electron chi connectivity index (χ4n) is 4.79. The van der Waals surface area contributed by atoms with Gasteiger partial charge in [0.05, 0.1) is 29.3 Å². The van der Waals surface area contributed by atoms with Gasteiger partial charge >= 0.3 is 0 Å². The Morgan fingerprint density at radius 2 is 2.15 bits per heavy atom. The van der Waals surface area contributed by atoms with Crippen molar-refractivity contribution in [2.75, 3.05) is 24.6 Å². The van der Waals surface area contributed by atoms with Crippen LogP contribution in [0.5, 0.6) is 5.75 Å². The number of fused-ring (bicyclic) bond motifs is 6. The van der Waals surface area contributed by atoms with Crippen LogP contribution >= 0.6 is 0 Å². The molecule has 6 nitrogen and oxygen atoms in total. The Morgan fingerprint density at radius 1 is 1.32 bits per heavy atom. The van der Waals surface area contributed by atoms with E-state index < -0.39 is 5.91 Å². The van der Waals surface area contributed by atoms with Gasteiger partial charge in [-0.3, -0.25) is 4.79 Å². The molecule has 3 heterocycles. The van der Waals surface area contributed by atoms with Crippen molar-refractivity contribution in [3.63, 3.8) is 0 Å². The number of amides is 1. The molecule has 1 aromatic heterocycles. The van der Waals surface area contributed by atoms with Crippen molar-refractivity contribution >= 4 is 23.0 Å². The highest BCUT2D eigenvalue weighted by Gasteiger charge is 2.30. The molecule has 2 aliphatic rings. The number of hydrogen-bond acceptors (Lipinski definition) is 5. The van der Waals surface area contributed by atoms with Crippen molar-refractivity contribution in [1.82, 2.24) is 10.3 Å². The van der Waals surface area contributed by atoms with Gasteiger partial charge in [-0.05, 0) is 69.9 Å². The van der Waals surface area contributed by atoms with Crippen LogP contribution in [0.25, 0.3) is 11.3 Å². The van der Waals surface area contributed by atoms with Gasteiger partial charge < -0.3 is 20.7 Å². The summed E-state index contributed by atoms with van der Waals surface area (Å²) >= 11 is 0. The van der Waals surface area contributed by atoms with Gasteiger partial charge in [-0.2, -0.15) is 0 Å². The maximum absolute atomic E-state index is 14.3. The normalized spacial score (nSPS) is 21.1. The van der Waals surface area contributed by atoms with Crippen LogP contribution in [0.4, 0.5) is 10.2 Å². The number of nitrogens with two attached hydrogens (primary N) is 1. The number of anilines is 1. The zero-order chi connectivity index (χ0) is 24.2. The molecule has 1 saturated heterocycles. The molecule has 4 rings (SSSR count). The number of hydrogen-bond donors (Lipinski definition) is 2. The van der Waals surface area contributed by atoms with Gasteiger partial charge in [-0.1, -0.05) is 18.6 Å². The summed E-state index contributed by atoms with van der Waals surface area (Å²) in [6, 6.07) is 8.81. The SMILES string of the molecule is C/C=C(C(N)=O)\C1=c2\nc(ccc2=C(C)CC)N2CCC[C@@H]2c2cc(F)ccc2OCCCN1. The minimum atomic E-state index is -0.500. The van der Waals surface area contributed by atoms with Crippen molar-refractivity contribution in [2.45, 2.75) is 52.5 Å². The maximum Gasteiger partial charge on any atom is 0.250 e. The molecule has 2 aromatic rings. The van der Waals surface area contributed by atoms with E-state index in [1.54, 1.807) is 25.1 Å². The second kappa shape index (κ2) is 10.3. The van der Waals surface area contributed by atoms with Gasteiger partial charge in [-0.15, -0.1) is 0 Å². The number of nitrogens with zero attached hydrogens (tertiary/aromatic N) is 2. The molecule has 1 fully saturated rings. The molecule has 0 spiro atoms. The number of carbonyl (C=O) groups is 1. The minimum absolute atomic E-state index is 0.0392. The molecule has 0 saturated carbocycles. The summed E-state index contributed by atoms with van der Waals surface area (Å²) in [6.07, 6.45) is 5.13. The molecule has 2 bridgehead atoms. The van der Waals surface area contributed by atoms with E-state index >= 15 is 0 Å². The first-order valence-electron chi connectivity index (χ1n) is 12.0. The molecule has 1 atom stereocenters. The highest BCUT2D eigenvalue weighted by Crippen LogP contribution is 2.39. The summed E-state index contributed by atoms with van der Waals surface area (Å²) in [7, 11) is 0. The quantitative estimate of drug-likeness (QED) is 0.683. The topological polar surface area (TPSA) is 80.5 Å². The lowest BCUT2D eigenvalue weighted by atomic mass is 10.0. The van der Waals surface area contributed by atoms with Gasteiger partial charge in [0, 0.05) is 23.9 Å². The summed E-state index contributed by atoms with van der Waals surface area (Å²) in [4.78, 5) is 19.7. The number of halogens is 1. The molecular weight excluding hydrogens is 431 g/mol. The Morgan fingerprint density at radius 3 is 2.88 bits per heavy atom. The zero-order valence-electron chi connectivity index (χ0n) is 20.2. The third-order valence-electron chi connectivity index (χ3n) is 6.69. The number of aromatic nitrogens is 1. The summed E-state index contributed by atoms with van der Waals surface area (Å²) in [5.41, 5.74) is 8.84. The first-order valence-corrected chi connectivity index (χ1v) is 12.0. The number of rotatable bonds is 3. The smallest absolute Gasteiger partial charge is 0.250 e. The number of carbonyl (C=O) groups excluding carboxylic acids is 1. The standard InChI is InChI=1S/C27H33FN4O2/c1-4-17(3)20-10-12-24-31-26(20)25(19(5-2)27(29)33)30-13-7-15-34-23-11-9-18(28)16-21(23)22-8-6-14-32(22)24/h5,9-12,16,22,30H,4,6-8,13-15H2,1-3H3,(H2,29,33)/b19-5+,20-17?,26-25-/t22-/m1/s1. The van der Waals surface area contributed by atoms with Gasteiger partial charge in [0.1, 0.15) is 17.4 Å². The Kier molecular flexibility index (Phi) is 7.20. The third-order valence-corrected chi connectivity index (χ3v) is 6.69. The molecular formula is C27H33FN4O2. The number of primary amides is 1. The van der Waals surface area contributed by atoms with Crippen molar-refractivity contribution in [1.29, 1.82) is 0 Å². The number of pyridine rings is 1. The lowest BCUT2D eigenvalue weighted by Crippen LogP contribution is -2.40.